The van der Waals surface area contributed by atoms with Crippen LogP contribution in [0.1, 0.15) is 0 Å². The summed E-state index contributed by atoms with van der Waals surface area (Å²) in [5.41, 5.74) is 6.65. The summed E-state index contributed by atoms with van der Waals surface area (Å²) in [6.45, 7) is 0.392. The van der Waals surface area contributed by atoms with E-state index in [1.54, 1.807) is 18.2 Å². The van der Waals surface area contributed by atoms with Gasteiger partial charge in [0.15, 0.2) is 0 Å². The Morgan fingerprint density at radius 2 is 2.27 bits per heavy atom. The first-order chi connectivity index (χ1) is 5.27. The molecule has 4 N–H and O–H groups in total. The fourth-order valence-corrected chi connectivity index (χ4v) is 0.787. The van der Waals surface area contributed by atoms with E-state index >= 15 is 0 Å². The largest absolute Gasteiger partial charge is 0.410 e. The number of rotatable bonds is 1. The van der Waals surface area contributed by atoms with Crippen LogP contribution in [0.5, 0.6) is 0 Å². The first-order valence-corrected chi connectivity index (χ1v) is 3.17. The fraction of sp³-hybridized carbons (Fsp3) is 0.143. The lowest BCUT2D eigenvalue weighted by Crippen LogP contribution is -2.15. The van der Waals surface area contributed by atoms with Gasteiger partial charge in [-0.1, -0.05) is 11.2 Å². The van der Waals surface area contributed by atoms with Crippen molar-refractivity contribution < 1.29 is 5.21 Å². The van der Waals surface area contributed by atoms with Gasteiger partial charge in [0.2, 0.25) is 0 Å². The maximum absolute atomic E-state index is 8.40. The molecule has 0 aromatic carbocycles. The Kier molecular flexibility index (Phi) is 2.18. The highest BCUT2D eigenvalue weighted by molar-refractivity contribution is 6.50. The lowest BCUT2D eigenvalue weighted by molar-refractivity contribution is 0.320. The van der Waals surface area contributed by atoms with Gasteiger partial charge in [-0.05, 0) is 17.7 Å². The predicted molar refractivity (Wildman–Crippen MR) is 43.2 cm³/mol. The molecule has 11 heavy (non-hydrogen) atoms. The topological polar surface area (TPSA) is 82.5 Å². The Morgan fingerprint density at radius 1 is 1.55 bits per heavy atom. The van der Waals surface area contributed by atoms with Crippen LogP contribution in [0.4, 0.5) is 0 Å². The van der Waals surface area contributed by atoms with Crippen molar-refractivity contribution in [2.75, 3.05) is 6.54 Å². The zero-order valence-corrected chi connectivity index (χ0v) is 5.91. The summed E-state index contributed by atoms with van der Waals surface area (Å²) >= 11 is 0. The monoisotopic (exact) mass is 151 g/mol. The van der Waals surface area contributed by atoms with E-state index in [-0.39, 0.29) is 11.4 Å². The number of allylic oxidation sites excluding steroid dienone is 2. The first-order valence-electron chi connectivity index (χ1n) is 3.17. The average Bonchev–Trinajstić information content (AvgIpc) is 2.05. The van der Waals surface area contributed by atoms with Crippen molar-refractivity contribution in [3.05, 3.63) is 23.8 Å². The van der Waals surface area contributed by atoms with Crippen molar-refractivity contribution >= 4 is 11.4 Å². The Bertz CT molecular complexity index is 263. The molecule has 0 aromatic heterocycles. The van der Waals surface area contributed by atoms with Crippen LogP contribution in [-0.2, 0) is 0 Å². The van der Waals surface area contributed by atoms with Crippen molar-refractivity contribution in [2.45, 2.75) is 0 Å². The van der Waals surface area contributed by atoms with Gasteiger partial charge in [-0.25, -0.2) is 0 Å². The SMILES string of the molecule is N=C1C=CC(CN)=C/C1=N/O. The molecule has 4 nitrogen and oxygen atoms in total. The highest BCUT2D eigenvalue weighted by Crippen LogP contribution is 2.03. The molecule has 0 unspecified atom stereocenters. The summed E-state index contributed by atoms with van der Waals surface area (Å²) in [6.07, 6.45) is 4.87. The molecule has 0 saturated heterocycles. The molecule has 1 aliphatic rings. The van der Waals surface area contributed by atoms with Crippen molar-refractivity contribution in [1.29, 1.82) is 5.41 Å². The number of hydrogen-bond acceptors (Lipinski definition) is 4. The highest BCUT2D eigenvalue weighted by Gasteiger charge is 2.06. The van der Waals surface area contributed by atoms with Gasteiger partial charge in [-0.15, -0.1) is 0 Å². The lowest BCUT2D eigenvalue weighted by Gasteiger charge is -2.05. The Labute approximate surface area is 64.2 Å². The molecule has 4 heteroatoms. The van der Waals surface area contributed by atoms with Crippen molar-refractivity contribution in [3.8, 4) is 0 Å². The molecule has 0 radical (unpaired) electrons. The van der Waals surface area contributed by atoms with Crippen LogP contribution in [0.25, 0.3) is 0 Å². The molecule has 0 amide bonds. The molecule has 0 heterocycles. The molecule has 0 atom stereocenters. The molecule has 0 bridgehead atoms. The second-order valence-electron chi connectivity index (χ2n) is 2.16. The zero-order valence-electron chi connectivity index (χ0n) is 5.91. The quantitative estimate of drug-likeness (QED) is 0.286. The van der Waals surface area contributed by atoms with Gasteiger partial charge < -0.3 is 10.9 Å². The number of nitrogens with two attached hydrogens (primary N) is 1. The molecule has 0 saturated carbocycles. The Balaban J connectivity index is 2.93. The van der Waals surface area contributed by atoms with Crippen LogP contribution < -0.4 is 5.73 Å². The van der Waals surface area contributed by atoms with Crippen molar-refractivity contribution in [2.24, 2.45) is 10.9 Å². The third-order valence-electron chi connectivity index (χ3n) is 1.41. The number of nitrogens with one attached hydrogen (secondary N) is 1. The van der Waals surface area contributed by atoms with Crippen LogP contribution in [-0.4, -0.2) is 23.2 Å². The van der Waals surface area contributed by atoms with E-state index in [0.29, 0.717) is 6.54 Å². The maximum Gasteiger partial charge on any atom is 0.127 e. The summed E-state index contributed by atoms with van der Waals surface area (Å²) in [6, 6.07) is 0. The molecule has 0 fully saturated rings. The third kappa shape index (κ3) is 1.53. The van der Waals surface area contributed by atoms with E-state index in [9.17, 15) is 0 Å². The van der Waals surface area contributed by atoms with E-state index in [0.717, 1.165) is 5.57 Å². The summed E-state index contributed by atoms with van der Waals surface area (Å²) in [4.78, 5) is 0. The van der Waals surface area contributed by atoms with Gasteiger partial charge in [0.25, 0.3) is 0 Å². The van der Waals surface area contributed by atoms with Gasteiger partial charge in [0.05, 0.1) is 5.71 Å². The lowest BCUT2D eigenvalue weighted by atomic mass is 10.0. The summed E-state index contributed by atoms with van der Waals surface area (Å²) in [5.74, 6) is 0. The summed E-state index contributed by atoms with van der Waals surface area (Å²) in [7, 11) is 0. The minimum Gasteiger partial charge on any atom is -0.410 e. The maximum atomic E-state index is 8.40. The van der Waals surface area contributed by atoms with Crippen LogP contribution in [0.2, 0.25) is 0 Å². The highest BCUT2D eigenvalue weighted by atomic mass is 16.4. The van der Waals surface area contributed by atoms with E-state index in [1.165, 1.54) is 0 Å². The van der Waals surface area contributed by atoms with Gasteiger partial charge >= 0.3 is 0 Å². The van der Waals surface area contributed by atoms with Crippen LogP contribution in [0.3, 0.4) is 0 Å². The smallest absolute Gasteiger partial charge is 0.127 e. The zero-order chi connectivity index (χ0) is 8.27. The Hall–Kier alpha value is -1.42. The minimum atomic E-state index is 0.199. The van der Waals surface area contributed by atoms with E-state index in [4.69, 9.17) is 16.4 Å². The normalized spacial score (nSPS) is 20.6. The van der Waals surface area contributed by atoms with E-state index in [1.807, 2.05) is 0 Å². The molecule has 58 valence electrons. The van der Waals surface area contributed by atoms with Crippen molar-refractivity contribution in [3.63, 3.8) is 0 Å². The van der Waals surface area contributed by atoms with Crippen LogP contribution in [0.15, 0.2) is 29.0 Å². The van der Waals surface area contributed by atoms with Gasteiger partial charge in [-0.3, -0.25) is 5.41 Å². The first kappa shape index (κ1) is 7.68. The average molecular weight is 151 g/mol. The molecule has 0 aliphatic heterocycles. The molecule has 1 aliphatic carbocycles. The van der Waals surface area contributed by atoms with Crippen molar-refractivity contribution in [1.82, 2.24) is 0 Å². The Morgan fingerprint density at radius 3 is 2.82 bits per heavy atom. The number of nitrogens with zero attached hydrogens (tertiary/aromatic N) is 1. The number of oxime groups is 1. The fourth-order valence-electron chi connectivity index (χ4n) is 0.787. The molecular formula is C7H9N3O. The minimum absolute atomic E-state index is 0.199. The molecule has 1 rings (SSSR count). The van der Waals surface area contributed by atoms with Gasteiger partial charge in [0, 0.05) is 6.54 Å². The second-order valence-corrected chi connectivity index (χ2v) is 2.16. The van der Waals surface area contributed by atoms with E-state index < -0.39 is 0 Å². The summed E-state index contributed by atoms with van der Waals surface area (Å²) < 4.78 is 0. The molecule has 0 spiro atoms. The predicted octanol–water partition coefficient (Wildman–Crippen LogP) is 0.291. The summed E-state index contributed by atoms with van der Waals surface area (Å²) in [5, 5.41) is 18.6. The van der Waals surface area contributed by atoms with Gasteiger partial charge in [0.1, 0.15) is 5.71 Å². The second kappa shape index (κ2) is 3.12. The number of hydrogen-bond donors (Lipinski definition) is 3. The van der Waals surface area contributed by atoms with Crippen LogP contribution in [0, 0.1) is 5.41 Å². The third-order valence-corrected chi connectivity index (χ3v) is 1.41. The van der Waals surface area contributed by atoms with E-state index in [2.05, 4.69) is 5.16 Å². The van der Waals surface area contributed by atoms with Gasteiger partial charge in [-0.2, -0.15) is 0 Å². The molecule has 0 aromatic rings. The van der Waals surface area contributed by atoms with Crippen LogP contribution >= 0.6 is 0 Å². The molecular weight excluding hydrogens is 142 g/mol. The standard InChI is InChI=1S/C7H9N3O/c8-4-5-1-2-6(9)7(3-5)10-11/h1-3,9,11H,4,8H2/b9-6?,10-7-.